The Morgan fingerprint density at radius 3 is 2.61 bits per heavy atom. The Morgan fingerprint density at radius 1 is 1.00 bits per heavy atom. The number of halogens is 1. The van der Waals surface area contributed by atoms with Crippen molar-refractivity contribution in [2.75, 3.05) is 11.9 Å². The van der Waals surface area contributed by atoms with E-state index >= 15 is 0 Å². The smallest absolute Gasteiger partial charge is 0.253 e. The molecule has 0 fully saturated rings. The Hall–Kier alpha value is -3.04. The Bertz CT molecular complexity index is 1110. The number of carbonyl (C=O) groups is 1. The summed E-state index contributed by atoms with van der Waals surface area (Å²) in [6, 6.07) is 24.5. The van der Waals surface area contributed by atoms with Crippen molar-refractivity contribution in [1.82, 2.24) is 5.32 Å². The number of benzene rings is 3. The van der Waals surface area contributed by atoms with E-state index in [2.05, 4.69) is 53.1 Å². The monoisotopic (exact) mass is 428 g/mol. The maximum atomic E-state index is 13.1. The van der Waals surface area contributed by atoms with Crippen LogP contribution < -0.4 is 10.6 Å². The summed E-state index contributed by atoms with van der Waals surface area (Å²) >= 11 is 6.12. The Kier molecular flexibility index (Phi) is 5.52. The van der Waals surface area contributed by atoms with Gasteiger partial charge < -0.3 is 10.6 Å². The quantitative estimate of drug-likeness (QED) is 0.479. The molecule has 2 N–H and O–H groups in total. The third-order valence-electron chi connectivity index (χ3n) is 6.41. The highest BCUT2D eigenvalue weighted by atomic mass is 35.5. The van der Waals surface area contributed by atoms with E-state index in [4.69, 9.17) is 11.6 Å². The van der Waals surface area contributed by atoms with Crippen molar-refractivity contribution in [3.63, 3.8) is 0 Å². The van der Waals surface area contributed by atoms with Crippen LogP contribution in [0.15, 0.2) is 84.9 Å². The number of amides is 1. The summed E-state index contributed by atoms with van der Waals surface area (Å²) in [7, 11) is 0. The van der Waals surface area contributed by atoms with Gasteiger partial charge in [0, 0.05) is 17.5 Å². The van der Waals surface area contributed by atoms with Crippen LogP contribution in [-0.4, -0.2) is 12.5 Å². The summed E-state index contributed by atoms with van der Waals surface area (Å²) in [5.41, 5.74) is 5.29. The normalized spacial score (nSPS) is 21.1. The molecular formula is C27H25ClN2O. The lowest BCUT2D eigenvalue weighted by atomic mass is 9.76. The predicted octanol–water partition coefficient (Wildman–Crippen LogP) is 6.14. The minimum absolute atomic E-state index is 0.0319. The van der Waals surface area contributed by atoms with Gasteiger partial charge in [-0.2, -0.15) is 0 Å². The predicted molar refractivity (Wildman–Crippen MR) is 127 cm³/mol. The SMILES string of the molecule is O=C(NCCc1ccccc1)c1cccc2c1NC(c1ccc(Cl)cc1)C1CC=CC21. The molecule has 0 spiro atoms. The molecule has 156 valence electrons. The summed E-state index contributed by atoms with van der Waals surface area (Å²) < 4.78 is 0. The van der Waals surface area contributed by atoms with Crippen LogP contribution in [-0.2, 0) is 6.42 Å². The fourth-order valence-electron chi connectivity index (χ4n) is 4.87. The van der Waals surface area contributed by atoms with Crippen molar-refractivity contribution in [2.24, 2.45) is 5.92 Å². The highest BCUT2D eigenvalue weighted by Crippen LogP contribution is 2.50. The second-order valence-electron chi connectivity index (χ2n) is 8.29. The lowest BCUT2D eigenvalue weighted by Crippen LogP contribution is -2.32. The number of anilines is 1. The molecule has 3 nitrogen and oxygen atoms in total. The Labute approximate surface area is 188 Å². The summed E-state index contributed by atoms with van der Waals surface area (Å²) in [6.07, 6.45) is 6.40. The molecule has 2 aliphatic rings. The fourth-order valence-corrected chi connectivity index (χ4v) is 5.00. The van der Waals surface area contributed by atoms with Gasteiger partial charge in [0.1, 0.15) is 0 Å². The molecule has 0 aromatic heterocycles. The van der Waals surface area contributed by atoms with Gasteiger partial charge >= 0.3 is 0 Å². The van der Waals surface area contributed by atoms with Crippen LogP contribution in [0.2, 0.25) is 5.02 Å². The molecule has 0 radical (unpaired) electrons. The van der Waals surface area contributed by atoms with Crippen molar-refractivity contribution in [1.29, 1.82) is 0 Å². The van der Waals surface area contributed by atoms with Crippen molar-refractivity contribution < 1.29 is 4.79 Å². The number of fused-ring (bicyclic) bond motifs is 3. The van der Waals surface area contributed by atoms with Crippen LogP contribution in [0.3, 0.4) is 0 Å². The summed E-state index contributed by atoms with van der Waals surface area (Å²) in [5.74, 6) is 0.717. The Morgan fingerprint density at radius 2 is 1.81 bits per heavy atom. The zero-order chi connectivity index (χ0) is 21.2. The van der Waals surface area contributed by atoms with Gasteiger partial charge in [0.05, 0.1) is 17.3 Å². The third kappa shape index (κ3) is 3.98. The molecule has 3 unspecified atom stereocenters. The molecule has 4 heteroatoms. The lowest BCUT2D eigenvalue weighted by Gasteiger charge is -2.38. The van der Waals surface area contributed by atoms with Crippen LogP contribution >= 0.6 is 11.6 Å². The molecule has 1 amide bonds. The number of allylic oxidation sites excluding steroid dienone is 2. The number of nitrogens with one attached hydrogen (secondary N) is 2. The zero-order valence-corrected chi connectivity index (χ0v) is 18.0. The molecule has 1 heterocycles. The van der Waals surface area contributed by atoms with Crippen molar-refractivity contribution >= 4 is 23.2 Å². The molecule has 3 aromatic rings. The highest BCUT2D eigenvalue weighted by Gasteiger charge is 2.39. The average Bonchev–Trinajstić information content (AvgIpc) is 3.30. The summed E-state index contributed by atoms with van der Waals surface area (Å²) in [5, 5.41) is 7.56. The number of hydrogen-bond donors (Lipinski definition) is 2. The van der Waals surface area contributed by atoms with Crippen LogP contribution in [0.5, 0.6) is 0 Å². The summed E-state index contributed by atoms with van der Waals surface area (Å²) in [4.78, 5) is 13.1. The van der Waals surface area contributed by atoms with Gasteiger partial charge in [-0.25, -0.2) is 0 Å². The highest BCUT2D eigenvalue weighted by molar-refractivity contribution is 6.30. The van der Waals surface area contributed by atoms with Crippen LogP contribution in [0, 0.1) is 5.92 Å². The first kappa shape index (κ1) is 19.9. The molecule has 0 bridgehead atoms. The zero-order valence-electron chi connectivity index (χ0n) is 17.2. The molecule has 31 heavy (non-hydrogen) atoms. The molecule has 5 rings (SSSR count). The van der Waals surface area contributed by atoms with Crippen LogP contribution in [0.25, 0.3) is 0 Å². The van der Waals surface area contributed by atoms with E-state index in [1.165, 1.54) is 16.7 Å². The lowest BCUT2D eigenvalue weighted by molar-refractivity contribution is 0.0954. The second kappa shape index (κ2) is 8.60. The van der Waals surface area contributed by atoms with Gasteiger partial charge in [-0.15, -0.1) is 0 Å². The van der Waals surface area contributed by atoms with Crippen molar-refractivity contribution in [2.45, 2.75) is 24.8 Å². The van der Waals surface area contributed by atoms with Gasteiger partial charge in [0.25, 0.3) is 5.91 Å². The third-order valence-corrected chi connectivity index (χ3v) is 6.66. The van der Waals surface area contributed by atoms with E-state index in [1.807, 2.05) is 42.5 Å². The van der Waals surface area contributed by atoms with Gasteiger partial charge in [0.2, 0.25) is 0 Å². The number of rotatable bonds is 5. The molecule has 3 atom stereocenters. The molecule has 1 aliphatic heterocycles. The average molecular weight is 429 g/mol. The van der Waals surface area contributed by atoms with Crippen LogP contribution in [0.4, 0.5) is 5.69 Å². The molecule has 0 saturated carbocycles. The van der Waals surface area contributed by atoms with E-state index in [-0.39, 0.29) is 11.9 Å². The van der Waals surface area contributed by atoms with Gasteiger partial charge in [0.15, 0.2) is 0 Å². The van der Waals surface area contributed by atoms with Gasteiger partial charge in [-0.1, -0.05) is 78.4 Å². The first-order chi connectivity index (χ1) is 15.2. The molecule has 0 saturated heterocycles. The van der Waals surface area contributed by atoms with E-state index in [1.54, 1.807) is 0 Å². The number of hydrogen-bond acceptors (Lipinski definition) is 2. The summed E-state index contributed by atoms with van der Waals surface area (Å²) in [6.45, 7) is 0.610. The van der Waals surface area contributed by atoms with E-state index in [0.29, 0.717) is 23.9 Å². The number of carbonyl (C=O) groups excluding carboxylic acids is 1. The van der Waals surface area contributed by atoms with Crippen LogP contribution in [0.1, 0.15) is 45.4 Å². The van der Waals surface area contributed by atoms with Crippen molar-refractivity contribution in [3.8, 4) is 0 Å². The molecule has 1 aliphatic carbocycles. The first-order valence-electron chi connectivity index (χ1n) is 10.8. The van der Waals surface area contributed by atoms with Gasteiger partial charge in [-0.05, 0) is 53.6 Å². The van der Waals surface area contributed by atoms with Crippen molar-refractivity contribution in [3.05, 3.63) is 112 Å². The second-order valence-corrected chi connectivity index (χ2v) is 8.72. The number of para-hydroxylation sites is 1. The topological polar surface area (TPSA) is 41.1 Å². The first-order valence-corrected chi connectivity index (χ1v) is 11.2. The largest absolute Gasteiger partial charge is 0.377 e. The minimum Gasteiger partial charge on any atom is -0.377 e. The maximum absolute atomic E-state index is 13.1. The molecule has 3 aromatic carbocycles. The standard InChI is InChI=1S/C27H25ClN2O/c28-20-14-12-19(13-15-20)25-22-9-4-8-21(22)23-10-5-11-24(26(23)30-25)27(31)29-17-16-18-6-2-1-3-7-18/h1-8,10-15,21-22,25,30H,9,16-17H2,(H,29,31). The molecular weight excluding hydrogens is 404 g/mol. The van der Waals surface area contributed by atoms with E-state index in [0.717, 1.165) is 23.6 Å². The maximum Gasteiger partial charge on any atom is 0.253 e. The fraction of sp³-hybridized carbons (Fsp3) is 0.222. The van der Waals surface area contributed by atoms with Gasteiger partial charge in [-0.3, -0.25) is 4.79 Å². The Balaban J connectivity index is 1.40. The van der Waals surface area contributed by atoms with E-state index in [9.17, 15) is 4.79 Å². The minimum atomic E-state index is -0.0319. The van der Waals surface area contributed by atoms with E-state index < -0.39 is 0 Å².